The first-order valence-electron chi connectivity index (χ1n) is 11.5. The Labute approximate surface area is 209 Å². The Kier molecular flexibility index (Phi) is 7.96. The highest BCUT2D eigenvalue weighted by Gasteiger charge is 2.14. The maximum Gasteiger partial charge on any atom is 0.230 e. The number of nitrogens with one attached hydrogen (secondary N) is 1. The van der Waals surface area contributed by atoms with E-state index in [1.54, 1.807) is 49.4 Å². The van der Waals surface area contributed by atoms with Crippen LogP contribution in [0.1, 0.15) is 25.5 Å². The number of nitrogens with zero attached hydrogens (tertiary/aromatic N) is 4. The summed E-state index contributed by atoms with van der Waals surface area (Å²) in [5.41, 5.74) is 2.18. The van der Waals surface area contributed by atoms with Gasteiger partial charge in [-0.15, -0.1) is 0 Å². The monoisotopic (exact) mass is 491 g/mol. The molecule has 4 aromatic rings. The Morgan fingerprint density at radius 1 is 1.06 bits per heavy atom. The smallest absolute Gasteiger partial charge is 0.230 e. The number of hydrogen-bond acceptors (Lipinski definition) is 8. The lowest BCUT2D eigenvalue weighted by atomic mass is 10.1. The largest absolute Gasteiger partial charge is 0.493 e. The molecule has 1 amide bonds. The number of fused-ring (bicyclic) bond motifs is 1. The molecule has 10 heteroatoms. The zero-order chi connectivity index (χ0) is 25.5. The molecule has 0 spiro atoms. The molecule has 0 saturated heterocycles. The van der Waals surface area contributed by atoms with Crippen LogP contribution in [0.25, 0.3) is 10.9 Å². The molecule has 2 aromatic heterocycles. The summed E-state index contributed by atoms with van der Waals surface area (Å²) in [6, 6.07) is 11.1. The first kappa shape index (κ1) is 24.9. The quantitative estimate of drug-likeness (QED) is 0.307. The van der Waals surface area contributed by atoms with Gasteiger partial charge in [-0.3, -0.25) is 9.48 Å². The summed E-state index contributed by atoms with van der Waals surface area (Å²) < 4.78 is 24.1. The van der Waals surface area contributed by atoms with Gasteiger partial charge >= 0.3 is 0 Å². The summed E-state index contributed by atoms with van der Waals surface area (Å²) >= 11 is 0. The minimum Gasteiger partial charge on any atom is -0.493 e. The molecule has 0 bridgehead atoms. The molecule has 0 saturated carbocycles. The second-order valence-electron chi connectivity index (χ2n) is 8.31. The average molecular weight is 492 g/mol. The summed E-state index contributed by atoms with van der Waals surface area (Å²) in [6.07, 6.45) is 5.12. The highest BCUT2D eigenvalue weighted by molar-refractivity contribution is 5.92. The lowest BCUT2D eigenvalue weighted by Crippen LogP contribution is -2.14. The minimum atomic E-state index is -0.121. The predicted molar refractivity (Wildman–Crippen MR) is 135 cm³/mol. The molecule has 0 radical (unpaired) electrons. The van der Waals surface area contributed by atoms with Gasteiger partial charge in [0.25, 0.3) is 0 Å². The van der Waals surface area contributed by atoms with Crippen LogP contribution in [0.2, 0.25) is 0 Å². The van der Waals surface area contributed by atoms with E-state index in [2.05, 4.69) is 20.4 Å². The number of rotatable bonds is 11. The second-order valence-corrected chi connectivity index (χ2v) is 8.31. The summed E-state index contributed by atoms with van der Waals surface area (Å²) in [5, 5.41) is 7.79. The Morgan fingerprint density at radius 3 is 2.56 bits per heavy atom. The van der Waals surface area contributed by atoms with Gasteiger partial charge in [0, 0.05) is 25.4 Å². The number of hydrogen-bond donors (Lipinski definition) is 1. The summed E-state index contributed by atoms with van der Waals surface area (Å²) in [4.78, 5) is 21.1. The third-order valence-corrected chi connectivity index (χ3v) is 5.35. The summed E-state index contributed by atoms with van der Waals surface area (Å²) in [6.45, 7) is 4.90. The second kappa shape index (κ2) is 11.5. The van der Waals surface area contributed by atoms with Crippen LogP contribution in [-0.2, 0) is 16.0 Å². The van der Waals surface area contributed by atoms with Gasteiger partial charge in [-0.25, -0.2) is 9.97 Å². The van der Waals surface area contributed by atoms with Crippen molar-refractivity contribution in [2.24, 2.45) is 0 Å². The van der Waals surface area contributed by atoms with E-state index in [1.807, 2.05) is 32.2 Å². The van der Waals surface area contributed by atoms with Crippen LogP contribution in [0.3, 0.4) is 0 Å². The van der Waals surface area contributed by atoms with Gasteiger partial charge in [0.15, 0.2) is 11.5 Å². The van der Waals surface area contributed by atoms with Crippen molar-refractivity contribution in [1.82, 2.24) is 19.7 Å². The molecule has 10 nitrogen and oxygen atoms in total. The molecule has 0 unspecified atom stereocenters. The minimum absolute atomic E-state index is 0.121. The van der Waals surface area contributed by atoms with Crippen LogP contribution in [0.15, 0.2) is 55.1 Å². The van der Waals surface area contributed by atoms with Gasteiger partial charge in [-0.05, 0) is 37.6 Å². The van der Waals surface area contributed by atoms with Crippen LogP contribution in [0.5, 0.6) is 23.1 Å². The predicted octanol–water partition coefficient (Wildman–Crippen LogP) is 4.41. The van der Waals surface area contributed by atoms with Crippen molar-refractivity contribution in [2.75, 3.05) is 32.8 Å². The lowest BCUT2D eigenvalue weighted by Gasteiger charge is -2.13. The van der Waals surface area contributed by atoms with Crippen LogP contribution >= 0.6 is 0 Å². The number of amides is 1. The van der Waals surface area contributed by atoms with Crippen LogP contribution in [0.4, 0.5) is 5.69 Å². The first-order valence-corrected chi connectivity index (χ1v) is 11.5. The van der Waals surface area contributed by atoms with Crippen molar-refractivity contribution in [3.05, 3.63) is 60.7 Å². The van der Waals surface area contributed by atoms with Crippen LogP contribution < -0.4 is 19.5 Å². The van der Waals surface area contributed by atoms with Crippen molar-refractivity contribution in [1.29, 1.82) is 0 Å². The zero-order valence-electron chi connectivity index (χ0n) is 20.7. The normalized spacial score (nSPS) is 11.0. The van der Waals surface area contributed by atoms with Crippen LogP contribution in [-0.4, -0.2) is 53.1 Å². The van der Waals surface area contributed by atoms with Gasteiger partial charge in [-0.2, -0.15) is 5.10 Å². The average Bonchev–Trinajstić information content (AvgIpc) is 3.34. The fourth-order valence-electron chi connectivity index (χ4n) is 3.49. The highest BCUT2D eigenvalue weighted by Crippen LogP contribution is 2.36. The fraction of sp³-hybridized carbons (Fsp3) is 0.308. The fourth-order valence-corrected chi connectivity index (χ4v) is 3.49. The van der Waals surface area contributed by atoms with Gasteiger partial charge in [-0.1, -0.05) is 12.1 Å². The molecule has 0 aliphatic carbocycles. The number of aromatic nitrogens is 4. The Balaban J connectivity index is 1.44. The van der Waals surface area contributed by atoms with E-state index < -0.39 is 0 Å². The maximum absolute atomic E-state index is 12.4. The van der Waals surface area contributed by atoms with Gasteiger partial charge in [0.2, 0.25) is 11.8 Å². The third kappa shape index (κ3) is 6.08. The Hall–Kier alpha value is -4.18. The van der Waals surface area contributed by atoms with Crippen molar-refractivity contribution in [3.63, 3.8) is 0 Å². The van der Waals surface area contributed by atoms with E-state index in [1.165, 1.54) is 6.33 Å². The molecule has 36 heavy (non-hydrogen) atoms. The van der Waals surface area contributed by atoms with E-state index in [4.69, 9.17) is 18.9 Å². The lowest BCUT2D eigenvalue weighted by molar-refractivity contribution is -0.115. The van der Waals surface area contributed by atoms with Gasteiger partial charge < -0.3 is 24.3 Å². The standard InChI is InChI=1S/C26H29N5O5/c1-17(2)31-15-19(14-29-31)30-25(32)11-18-5-7-20(8-6-18)36-26-21-12-23(34-4)24(35-10-9-33-3)13-22(21)27-16-28-26/h5-8,12-17H,9-11H2,1-4H3,(H,30,32). The molecule has 2 heterocycles. The topological polar surface area (TPSA) is 110 Å². The number of ether oxygens (including phenoxy) is 4. The SMILES string of the molecule is COCCOc1cc2ncnc(Oc3ccc(CC(=O)Nc4cnn(C(C)C)c4)cc3)c2cc1OC. The Bertz CT molecular complexity index is 1320. The summed E-state index contributed by atoms with van der Waals surface area (Å²) in [7, 11) is 3.18. The number of carbonyl (C=O) groups is 1. The van der Waals surface area contributed by atoms with E-state index >= 15 is 0 Å². The molecular weight excluding hydrogens is 462 g/mol. The van der Waals surface area contributed by atoms with Gasteiger partial charge in [0.1, 0.15) is 18.7 Å². The first-order chi connectivity index (χ1) is 17.5. The van der Waals surface area contributed by atoms with Crippen molar-refractivity contribution in [2.45, 2.75) is 26.3 Å². The number of benzene rings is 2. The molecule has 188 valence electrons. The van der Waals surface area contributed by atoms with Crippen molar-refractivity contribution < 1.29 is 23.7 Å². The van der Waals surface area contributed by atoms with E-state index in [-0.39, 0.29) is 18.4 Å². The summed E-state index contributed by atoms with van der Waals surface area (Å²) in [5.74, 6) is 1.94. The van der Waals surface area contributed by atoms with Gasteiger partial charge in [0.05, 0.1) is 42.9 Å². The Morgan fingerprint density at radius 2 is 1.86 bits per heavy atom. The number of methoxy groups -OCH3 is 2. The maximum atomic E-state index is 12.4. The molecule has 1 N–H and O–H groups in total. The third-order valence-electron chi connectivity index (χ3n) is 5.35. The molecule has 0 atom stereocenters. The molecule has 0 aliphatic rings. The number of anilines is 1. The number of carbonyl (C=O) groups excluding carboxylic acids is 1. The van der Waals surface area contributed by atoms with Crippen molar-refractivity contribution >= 4 is 22.5 Å². The molecule has 0 fully saturated rings. The molecule has 4 rings (SSSR count). The molecule has 2 aromatic carbocycles. The van der Waals surface area contributed by atoms with E-state index in [0.29, 0.717) is 52.9 Å². The van der Waals surface area contributed by atoms with Crippen molar-refractivity contribution in [3.8, 4) is 23.1 Å². The van der Waals surface area contributed by atoms with Crippen LogP contribution in [0, 0.1) is 0 Å². The highest BCUT2D eigenvalue weighted by atomic mass is 16.5. The molecular formula is C26H29N5O5. The van der Waals surface area contributed by atoms with E-state index in [9.17, 15) is 4.79 Å². The molecule has 0 aliphatic heterocycles. The zero-order valence-corrected chi connectivity index (χ0v) is 20.7. The van der Waals surface area contributed by atoms with E-state index in [0.717, 1.165) is 5.56 Å².